The van der Waals surface area contributed by atoms with Crippen molar-refractivity contribution in [1.29, 1.82) is 0 Å². The quantitative estimate of drug-likeness (QED) is 0.743. The molecule has 7 nitrogen and oxygen atoms in total. The minimum absolute atomic E-state index is 0.245. The Labute approximate surface area is 161 Å². The molecular formula is C19H28N4O3S. The van der Waals surface area contributed by atoms with Crippen molar-refractivity contribution >= 4 is 21.8 Å². The van der Waals surface area contributed by atoms with Gasteiger partial charge in [-0.05, 0) is 45.0 Å². The summed E-state index contributed by atoms with van der Waals surface area (Å²) in [6.45, 7) is 4.23. The molecule has 8 heteroatoms. The van der Waals surface area contributed by atoms with Gasteiger partial charge in [-0.2, -0.15) is 0 Å². The van der Waals surface area contributed by atoms with Gasteiger partial charge in [-0.3, -0.25) is 14.5 Å². The number of fused-ring (bicyclic) bond motifs is 1. The van der Waals surface area contributed by atoms with Gasteiger partial charge in [0, 0.05) is 38.2 Å². The predicted octanol–water partition coefficient (Wildman–Crippen LogP) is 1.45. The number of amides is 1. The molecule has 2 heterocycles. The summed E-state index contributed by atoms with van der Waals surface area (Å²) in [7, 11) is -1.37. The van der Waals surface area contributed by atoms with E-state index in [1.807, 2.05) is 11.0 Å². The standard InChI is InChI=1S/C19H28N4O3S/c1-22-12-7-13-23(15-14-22)18(24)10-3-2-6-11-20-19-16-8-4-5-9-17(16)27(25,26)21-19/h4-5,8-9H,2-3,6-7,10-15H2,1H3,(H,20,21). The summed E-state index contributed by atoms with van der Waals surface area (Å²) >= 11 is 0. The fourth-order valence-corrected chi connectivity index (χ4v) is 4.71. The van der Waals surface area contributed by atoms with E-state index in [4.69, 9.17) is 0 Å². The number of hydrogen-bond acceptors (Lipinski definition) is 5. The number of nitrogens with one attached hydrogen (secondary N) is 1. The molecule has 2 aliphatic heterocycles. The number of nitrogens with zero attached hydrogens (tertiary/aromatic N) is 3. The Balaban J connectivity index is 1.40. The van der Waals surface area contributed by atoms with Crippen molar-refractivity contribution in [1.82, 2.24) is 14.5 Å². The van der Waals surface area contributed by atoms with Gasteiger partial charge < -0.3 is 9.80 Å². The second kappa shape index (κ2) is 8.84. The fraction of sp³-hybridized carbons (Fsp3) is 0.579. The predicted molar refractivity (Wildman–Crippen MR) is 105 cm³/mol. The highest BCUT2D eigenvalue weighted by molar-refractivity contribution is 7.90. The highest BCUT2D eigenvalue weighted by atomic mass is 32.2. The second-order valence-electron chi connectivity index (χ2n) is 7.18. The lowest BCUT2D eigenvalue weighted by atomic mass is 10.1. The molecule has 0 radical (unpaired) electrons. The van der Waals surface area contributed by atoms with Crippen LogP contribution < -0.4 is 4.72 Å². The molecule has 0 aromatic heterocycles. The molecule has 2 aliphatic rings. The minimum Gasteiger partial charge on any atom is -0.341 e. The number of aliphatic imine (C=N–C) groups is 1. The zero-order chi connectivity index (χ0) is 19.3. The van der Waals surface area contributed by atoms with Gasteiger partial charge in [0.15, 0.2) is 0 Å². The molecule has 1 N–H and O–H groups in total. The van der Waals surface area contributed by atoms with Crippen LogP contribution in [0.1, 0.15) is 37.7 Å². The first-order chi connectivity index (χ1) is 13.0. The van der Waals surface area contributed by atoms with Crippen LogP contribution >= 0.6 is 0 Å². The number of sulfonamides is 1. The van der Waals surface area contributed by atoms with Gasteiger partial charge in [-0.1, -0.05) is 18.6 Å². The number of carbonyl (C=O) groups excluding carboxylic acids is 1. The average molecular weight is 393 g/mol. The van der Waals surface area contributed by atoms with Crippen LogP contribution in [0, 0.1) is 0 Å². The smallest absolute Gasteiger partial charge is 0.263 e. The Bertz CT molecular complexity index is 807. The van der Waals surface area contributed by atoms with Crippen LogP contribution in [0.5, 0.6) is 0 Å². The third-order valence-corrected chi connectivity index (χ3v) is 6.45. The van der Waals surface area contributed by atoms with Crippen LogP contribution in [0.2, 0.25) is 0 Å². The van der Waals surface area contributed by atoms with Crippen LogP contribution in [0.15, 0.2) is 34.2 Å². The van der Waals surface area contributed by atoms with E-state index >= 15 is 0 Å². The number of rotatable bonds is 6. The Kier molecular flexibility index (Phi) is 6.49. The Morgan fingerprint density at radius 2 is 1.93 bits per heavy atom. The summed E-state index contributed by atoms with van der Waals surface area (Å²) in [5.41, 5.74) is 0.638. The lowest BCUT2D eigenvalue weighted by molar-refractivity contribution is -0.131. The maximum atomic E-state index is 12.3. The molecule has 1 aromatic rings. The number of unbranched alkanes of at least 4 members (excludes halogenated alkanes) is 2. The van der Waals surface area contributed by atoms with E-state index in [0.717, 1.165) is 51.9 Å². The highest BCUT2D eigenvalue weighted by Gasteiger charge is 2.29. The van der Waals surface area contributed by atoms with E-state index in [1.165, 1.54) is 0 Å². The van der Waals surface area contributed by atoms with Crippen LogP contribution in [0.4, 0.5) is 0 Å². The third-order valence-electron chi connectivity index (χ3n) is 5.05. The lowest BCUT2D eigenvalue weighted by Gasteiger charge is -2.20. The summed E-state index contributed by atoms with van der Waals surface area (Å²) in [6, 6.07) is 6.87. The first-order valence-electron chi connectivity index (χ1n) is 9.60. The third kappa shape index (κ3) is 5.07. The molecule has 0 unspecified atom stereocenters. The SMILES string of the molecule is CN1CCCN(C(=O)CCCCCN=C2NS(=O)(=O)c3ccccc32)CC1. The molecule has 27 heavy (non-hydrogen) atoms. The van der Waals surface area contributed by atoms with Crippen molar-refractivity contribution in [2.24, 2.45) is 4.99 Å². The van der Waals surface area contributed by atoms with Crippen molar-refractivity contribution in [3.05, 3.63) is 29.8 Å². The maximum Gasteiger partial charge on any atom is 0.263 e. The molecule has 0 bridgehead atoms. The van der Waals surface area contributed by atoms with Gasteiger partial charge >= 0.3 is 0 Å². The molecule has 0 saturated carbocycles. The first kappa shape index (κ1) is 19.8. The molecule has 1 fully saturated rings. The lowest BCUT2D eigenvalue weighted by Crippen LogP contribution is -2.34. The largest absolute Gasteiger partial charge is 0.341 e. The number of carbonyl (C=O) groups is 1. The topological polar surface area (TPSA) is 82.1 Å². The van der Waals surface area contributed by atoms with E-state index in [9.17, 15) is 13.2 Å². The van der Waals surface area contributed by atoms with Gasteiger partial charge in [0.25, 0.3) is 10.0 Å². The van der Waals surface area contributed by atoms with Gasteiger partial charge in [-0.25, -0.2) is 8.42 Å². The zero-order valence-electron chi connectivity index (χ0n) is 15.9. The molecule has 3 rings (SSSR count). The number of benzene rings is 1. The van der Waals surface area contributed by atoms with E-state index in [-0.39, 0.29) is 10.8 Å². The molecule has 1 saturated heterocycles. The van der Waals surface area contributed by atoms with Crippen LogP contribution in [0.3, 0.4) is 0 Å². The monoisotopic (exact) mass is 392 g/mol. The Morgan fingerprint density at radius 1 is 1.11 bits per heavy atom. The average Bonchev–Trinajstić information content (AvgIpc) is 2.78. The highest BCUT2D eigenvalue weighted by Crippen LogP contribution is 2.22. The summed E-state index contributed by atoms with van der Waals surface area (Å²) in [5, 5.41) is 0. The normalized spacial score (nSPS) is 20.9. The summed E-state index contributed by atoms with van der Waals surface area (Å²) in [4.78, 5) is 21.3. The molecule has 1 amide bonds. The van der Waals surface area contributed by atoms with Crippen LogP contribution in [-0.4, -0.2) is 69.7 Å². The van der Waals surface area contributed by atoms with Gasteiger partial charge in [0.1, 0.15) is 5.84 Å². The fourth-order valence-electron chi connectivity index (χ4n) is 3.46. The van der Waals surface area contributed by atoms with Gasteiger partial charge in [0.05, 0.1) is 4.90 Å². The molecule has 148 valence electrons. The summed E-state index contributed by atoms with van der Waals surface area (Å²) in [5.74, 6) is 0.671. The minimum atomic E-state index is -3.47. The van der Waals surface area contributed by atoms with Crippen molar-refractivity contribution in [3.8, 4) is 0 Å². The van der Waals surface area contributed by atoms with E-state index in [0.29, 0.717) is 24.4 Å². The Hall–Kier alpha value is -1.93. The van der Waals surface area contributed by atoms with E-state index < -0.39 is 10.0 Å². The maximum absolute atomic E-state index is 12.3. The first-order valence-corrected chi connectivity index (χ1v) is 11.1. The summed E-state index contributed by atoms with van der Waals surface area (Å²) in [6.07, 6.45) is 4.21. The van der Waals surface area contributed by atoms with Gasteiger partial charge in [0.2, 0.25) is 5.91 Å². The summed E-state index contributed by atoms with van der Waals surface area (Å²) < 4.78 is 26.6. The molecule has 0 aliphatic carbocycles. The zero-order valence-corrected chi connectivity index (χ0v) is 16.7. The van der Waals surface area contributed by atoms with Crippen LogP contribution in [-0.2, 0) is 14.8 Å². The van der Waals surface area contributed by atoms with E-state index in [1.54, 1.807) is 18.2 Å². The number of amidine groups is 1. The molecule has 1 aromatic carbocycles. The molecule has 0 atom stereocenters. The second-order valence-corrected chi connectivity index (χ2v) is 8.83. The van der Waals surface area contributed by atoms with Gasteiger partial charge in [-0.15, -0.1) is 0 Å². The van der Waals surface area contributed by atoms with Crippen molar-refractivity contribution in [3.63, 3.8) is 0 Å². The van der Waals surface area contributed by atoms with Crippen molar-refractivity contribution in [2.45, 2.75) is 37.0 Å². The van der Waals surface area contributed by atoms with Crippen molar-refractivity contribution in [2.75, 3.05) is 39.8 Å². The molecular weight excluding hydrogens is 364 g/mol. The Morgan fingerprint density at radius 3 is 2.78 bits per heavy atom. The van der Waals surface area contributed by atoms with Crippen LogP contribution in [0.25, 0.3) is 0 Å². The number of likely N-dealkylation sites (N-methyl/N-ethyl adjacent to an activating group) is 1. The van der Waals surface area contributed by atoms with E-state index in [2.05, 4.69) is 21.7 Å². The van der Waals surface area contributed by atoms with Crippen molar-refractivity contribution < 1.29 is 13.2 Å². The number of hydrogen-bond donors (Lipinski definition) is 1. The molecule has 0 spiro atoms.